The van der Waals surface area contributed by atoms with Crippen LogP contribution >= 0.6 is 0 Å². The molecule has 8 aromatic rings. The minimum atomic E-state index is -0.858. The molecule has 0 radical (unpaired) electrons. The zero-order valence-electron chi connectivity index (χ0n) is 54.3. The van der Waals surface area contributed by atoms with Crippen LogP contribution in [0.25, 0.3) is 0 Å². The van der Waals surface area contributed by atoms with E-state index in [1.54, 1.807) is 64.8 Å². The van der Waals surface area contributed by atoms with Crippen LogP contribution in [0, 0.1) is 0 Å². The van der Waals surface area contributed by atoms with E-state index in [-0.39, 0.29) is 30.9 Å². The van der Waals surface area contributed by atoms with Gasteiger partial charge in [0.15, 0.2) is 0 Å². The van der Waals surface area contributed by atoms with Crippen molar-refractivity contribution in [2.75, 3.05) is 65.8 Å². The van der Waals surface area contributed by atoms with Gasteiger partial charge in [-0.15, -0.1) is 0 Å². The van der Waals surface area contributed by atoms with Crippen LogP contribution in [0.1, 0.15) is 137 Å². The lowest BCUT2D eigenvalue weighted by atomic mass is 9.80. The van der Waals surface area contributed by atoms with Gasteiger partial charge in [-0.2, -0.15) is 0 Å². The van der Waals surface area contributed by atoms with Crippen LogP contribution in [0.2, 0.25) is 0 Å². The Kier molecular flexibility index (Phi) is 27.4. The molecule has 8 rings (SSSR count). The molecule has 0 heterocycles. The molecule has 488 valence electrons. The van der Waals surface area contributed by atoms with Crippen molar-refractivity contribution in [1.82, 2.24) is 10.6 Å². The number of amides is 3. The molecule has 0 aliphatic heterocycles. The van der Waals surface area contributed by atoms with E-state index in [4.69, 9.17) is 43.6 Å². The molecule has 17 nitrogen and oxygen atoms in total. The summed E-state index contributed by atoms with van der Waals surface area (Å²) in [5, 5.41) is 8.62. The molecule has 17 heteroatoms. The first-order valence-electron chi connectivity index (χ1n) is 31.2. The zero-order valence-corrected chi connectivity index (χ0v) is 54.3. The number of unbranched alkanes of at least 4 members (excludes halogenated alkanes) is 6. The number of nitrogen functional groups attached to an aromatic ring is 1. The third-order valence-corrected chi connectivity index (χ3v) is 15.6. The molecular formula is C76H86N4O13. The highest BCUT2D eigenvalue weighted by Gasteiger charge is 2.39. The Bertz CT molecular complexity index is 3550. The molecule has 3 amide bonds. The van der Waals surface area contributed by atoms with Gasteiger partial charge in [-0.05, 0) is 132 Å². The Morgan fingerprint density at radius 1 is 0.387 bits per heavy atom. The van der Waals surface area contributed by atoms with Crippen molar-refractivity contribution in [2.24, 2.45) is 0 Å². The van der Waals surface area contributed by atoms with Crippen molar-refractivity contribution >= 4 is 41.0 Å². The quantitative estimate of drug-likeness (QED) is 0.0130. The van der Waals surface area contributed by atoms with Crippen LogP contribution in [-0.4, -0.2) is 84.4 Å². The monoisotopic (exact) mass is 1260 g/mol. The Morgan fingerprint density at radius 2 is 0.720 bits per heavy atom. The summed E-state index contributed by atoms with van der Waals surface area (Å²) in [6.45, 7) is 6.08. The van der Waals surface area contributed by atoms with Crippen molar-refractivity contribution in [3.63, 3.8) is 0 Å². The van der Waals surface area contributed by atoms with Crippen molar-refractivity contribution in [2.45, 2.75) is 96.6 Å². The summed E-state index contributed by atoms with van der Waals surface area (Å²) in [5.41, 5.74) is 13.1. The minimum Gasteiger partial charge on any atom is -0.497 e. The Balaban J connectivity index is 0.000000264. The molecule has 8 aromatic carbocycles. The Morgan fingerprint density at radius 3 is 1.06 bits per heavy atom. The predicted molar refractivity (Wildman–Crippen MR) is 361 cm³/mol. The fourth-order valence-electron chi connectivity index (χ4n) is 10.8. The van der Waals surface area contributed by atoms with Gasteiger partial charge in [0, 0.05) is 80.7 Å². The van der Waals surface area contributed by atoms with Gasteiger partial charge >= 0.3 is 11.9 Å². The second kappa shape index (κ2) is 36.2. The number of carbonyl (C=O) groups excluding carboxylic acids is 5. The maximum Gasteiger partial charge on any atom is 0.302 e. The number of methoxy groups -OCH3 is 4. The van der Waals surface area contributed by atoms with Gasteiger partial charge in [0.25, 0.3) is 11.8 Å². The summed E-state index contributed by atoms with van der Waals surface area (Å²) in [4.78, 5) is 60.0. The van der Waals surface area contributed by atoms with E-state index in [0.29, 0.717) is 59.9 Å². The van der Waals surface area contributed by atoms with Crippen LogP contribution < -0.4 is 40.6 Å². The van der Waals surface area contributed by atoms with E-state index in [1.165, 1.54) is 20.8 Å². The maximum atomic E-state index is 13.1. The molecule has 0 saturated carbocycles. The van der Waals surface area contributed by atoms with Crippen LogP contribution in [-0.2, 0) is 57.7 Å². The van der Waals surface area contributed by atoms with Gasteiger partial charge in [-0.1, -0.05) is 147 Å². The molecule has 5 N–H and O–H groups in total. The fraction of sp³-hybridized carbons (Fsp3) is 0.303. The first kappa shape index (κ1) is 70.5. The highest BCUT2D eigenvalue weighted by atomic mass is 16.5. The third kappa shape index (κ3) is 20.0. The lowest BCUT2D eigenvalue weighted by Gasteiger charge is -2.36. The summed E-state index contributed by atoms with van der Waals surface area (Å²) >= 11 is 0. The molecule has 0 aliphatic carbocycles. The number of nitrogens with one attached hydrogen (secondary N) is 3. The normalized spacial score (nSPS) is 11.0. The molecule has 0 bridgehead atoms. The average Bonchev–Trinajstić information content (AvgIpc) is 0.839. The van der Waals surface area contributed by atoms with E-state index in [2.05, 4.69) is 64.5 Å². The number of carbonyl (C=O) groups is 5. The Labute approximate surface area is 546 Å². The molecule has 0 atom stereocenters. The molecule has 0 saturated heterocycles. The summed E-state index contributed by atoms with van der Waals surface area (Å²) < 4.78 is 45.8. The molecular weight excluding hydrogens is 1180 g/mol. The summed E-state index contributed by atoms with van der Waals surface area (Å²) in [7, 11) is 6.62. The van der Waals surface area contributed by atoms with Crippen molar-refractivity contribution in [1.29, 1.82) is 0 Å². The molecule has 0 fully saturated rings. The van der Waals surface area contributed by atoms with Gasteiger partial charge in [-0.25, -0.2) is 0 Å². The van der Waals surface area contributed by atoms with E-state index in [9.17, 15) is 24.0 Å². The van der Waals surface area contributed by atoms with Gasteiger partial charge in [0.1, 0.15) is 47.4 Å². The highest BCUT2D eigenvalue weighted by molar-refractivity contribution is 5.98. The number of rotatable bonds is 33. The average molecular weight is 1260 g/mol. The lowest BCUT2D eigenvalue weighted by molar-refractivity contribution is -0.143. The maximum absolute atomic E-state index is 13.1. The number of benzene rings is 8. The predicted octanol–water partition coefficient (Wildman–Crippen LogP) is 13.7. The lowest BCUT2D eigenvalue weighted by Crippen LogP contribution is -2.33. The second-order valence-electron chi connectivity index (χ2n) is 22.1. The number of hydrogen-bond donors (Lipinski definition) is 4. The number of esters is 2. The summed E-state index contributed by atoms with van der Waals surface area (Å²) in [6, 6.07) is 62.4. The van der Waals surface area contributed by atoms with Crippen LogP contribution in [0.15, 0.2) is 194 Å². The molecule has 0 spiro atoms. The van der Waals surface area contributed by atoms with Crippen LogP contribution in [0.3, 0.4) is 0 Å². The van der Waals surface area contributed by atoms with E-state index in [0.717, 1.165) is 108 Å². The topological polar surface area (TPSA) is 221 Å². The van der Waals surface area contributed by atoms with E-state index >= 15 is 0 Å². The van der Waals surface area contributed by atoms with Gasteiger partial charge in [0.05, 0.1) is 28.4 Å². The summed E-state index contributed by atoms with van der Waals surface area (Å²) in [5.74, 6) is 1.47. The largest absolute Gasteiger partial charge is 0.497 e. The minimum absolute atomic E-state index is 0.0237. The van der Waals surface area contributed by atoms with E-state index in [1.807, 2.05) is 109 Å². The molecule has 0 unspecified atom stereocenters. The standard InChI is InChI=1S/C39H44N2O7.C37H42N2O6/c1-28(42)41-34-19-14-30(27-47-29(2)43)37(26-34)38(44)40-24-10-5-6-11-25-48-39(31-12-8-7-9-13-31,32-15-20-35(45-3)21-16-32)33-17-22-36(46-4)23-18-33;1-27(40)44-26-28-13-18-32(38)25-35(28)36(41)39-23-9-4-5-10-24-45-37(29-11-7-6-8-12-29,30-14-19-33(42-2)20-15-30)31-16-21-34(43-3)22-17-31/h7-9,12-23,26H,5-6,10-11,24-25,27H2,1-4H3,(H,40,44)(H,41,42);6-8,11-22,25H,4-5,9-10,23-24,26,38H2,1-3H3,(H,39,41). The van der Waals surface area contributed by atoms with Gasteiger partial charge < -0.3 is 59.6 Å². The van der Waals surface area contributed by atoms with Crippen molar-refractivity contribution in [3.05, 3.63) is 250 Å². The van der Waals surface area contributed by atoms with Crippen LogP contribution in [0.5, 0.6) is 23.0 Å². The second-order valence-corrected chi connectivity index (χ2v) is 22.1. The Hall–Kier alpha value is -9.97. The zero-order chi connectivity index (χ0) is 66.4. The smallest absolute Gasteiger partial charge is 0.302 e. The third-order valence-electron chi connectivity index (χ3n) is 15.6. The molecule has 93 heavy (non-hydrogen) atoms. The van der Waals surface area contributed by atoms with Crippen molar-refractivity contribution in [3.8, 4) is 23.0 Å². The SMILES string of the molecule is COc1ccc(C(OCCCCCCNC(=O)c2cc(N)ccc2COC(C)=O)(c2ccccc2)c2ccc(OC)cc2)cc1.COc1ccc(C(OCCCCCCNC(=O)c2cc(NC(C)=O)ccc2COC(C)=O)(c2ccccc2)c2ccc(OC)cc2)cc1. The number of ether oxygens (including phenoxy) is 8. The first-order chi connectivity index (χ1) is 45.1. The van der Waals surface area contributed by atoms with Crippen LogP contribution in [0.4, 0.5) is 11.4 Å². The van der Waals surface area contributed by atoms with E-state index < -0.39 is 23.1 Å². The first-order valence-corrected chi connectivity index (χ1v) is 31.2. The number of anilines is 2. The van der Waals surface area contributed by atoms with Crippen molar-refractivity contribution < 1.29 is 61.9 Å². The highest BCUT2D eigenvalue weighted by Crippen LogP contribution is 2.44. The summed E-state index contributed by atoms with van der Waals surface area (Å²) in [6.07, 6.45) is 6.90. The fourth-order valence-corrected chi connectivity index (χ4v) is 10.8. The number of nitrogens with two attached hydrogens (primary N) is 1. The molecule has 0 aromatic heterocycles. The van der Waals surface area contributed by atoms with Gasteiger partial charge in [-0.3, -0.25) is 24.0 Å². The molecule has 0 aliphatic rings. The number of hydrogen-bond acceptors (Lipinski definition) is 14. The van der Waals surface area contributed by atoms with Gasteiger partial charge in [0.2, 0.25) is 5.91 Å².